The van der Waals surface area contributed by atoms with Gasteiger partial charge < -0.3 is 14.0 Å². The summed E-state index contributed by atoms with van der Waals surface area (Å²) in [6, 6.07) is 21.2. The fourth-order valence-electron chi connectivity index (χ4n) is 5.42. The van der Waals surface area contributed by atoms with Crippen molar-refractivity contribution < 1.29 is 19.1 Å². The molecule has 0 N–H and O–H groups in total. The van der Waals surface area contributed by atoms with E-state index in [2.05, 4.69) is 4.98 Å². The molecule has 174 valence electrons. The lowest BCUT2D eigenvalue weighted by molar-refractivity contribution is -0.135. The van der Waals surface area contributed by atoms with Crippen LogP contribution in [-0.4, -0.2) is 21.3 Å². The summed E-state index contributed by atoms with van der Waals surface area (Å²) in [6.07, 6.45) is 5.68. The number of Topliss-reactive ketones (excluding diaryl/α,β-unsaturated/α-hetero) is 1. The second-order valence-corrected chi connectivity index (χ2v) is 9.15. The molecule has 5 aromatic rings. The number of aromatic nitrogens is 2. The Morgan fingerprint density at radius 3 is 2.64 bits per heavy atom. The number of esters is 1. The van der Waals surface area contributed by atoms with Gasteiger partial charge in [0, 0.05) is 52.8 Å². The van der Waals surface area contributed by atoms with Gasteiger partial charge in [-0.1, -0.05) is 36.4 Å². The van der Waals surface area contributed by atoms with Crippen molar-refractivity contribution in [2.75, 3.05) is 0 Å². The maximum Gasteiger partial charge on any atom is 0.312 e. The van der Waals surface area contributed by atoms with Gasteiger partial charge in [-0.2, -0.15) is 0 Å². The Balaban J connectivity index is 1.39. The number of para-hydroxylation sites is 2. The van der Waals surface area contributed by atoms with Crippen molar-refractivity contribution >= 4 is 39.6 Å². The van der Waals surface area contributed by atoms with Gasteiger partial charge in [-0.3, -0.25) is 14.6 Å². The molecule has 0 fully saturated rings. The van der Waals surface area contributed by atoms with Crippen LogP contribution in [0.5, 0.6) is 11.5 Å². The maximum atomic E-state index is 13.4. The minimum absolute atomic E-state index is 0.150. The molecule has 2 aromatic heterocycles. The molecule has 0 saturated carbocycles. The van der Waals surface area contributed by atoms with E-state index < -0.39 is 0 Å². The van der Waals surface area contributed by atoms with Crippen molar-refractivity contribution in [1.29, 1.82) is 0 Å². The number of fused-ring (bicyclic) bond motifs is 5. The summed E-state index contributed by atoms with van der Waals surface area (Å²) in [4.78, 5) is 30.5. The number of nitrogens with zero attached hydrogens (tertiary/aromatic N) is 2. The average molecular weight is 473 g/mol. The highest BCUT2D eigenvalue weighted by molar-refractivity contribution is 6.16. The van der Waals surface area contributed by atoms with Gasteiger partial charge in [-0.15, -0.1) is 0 Å². The minimum Gasteiger partial charge on any atom is -0.452 e. The number of pyridine rings is 1. The summed E-state index contributed by atoms with van der Waals surface area (Å²) < 4.78 is 13.9. The second kappa shape index (κ2) is 7.65. The Kier molecular flexibility index (Phi) is 4.39. The predicted octanol–water partition coefficient (Wildman–Crippen LogP) is 5.78. The smallest absolute Gasteiger partial charge is 0.312 e. The second-order valence-electron chi connectivity index (χ2n) is 9.15. The first-order valence-corrected chi connectivity index (χ1v) is 11.8. The number of benzene rings is 3. The molecular weight excluding hydrogens is 452 g/mol. The van der Waals surface area contributed by atoms with Crippen molar-refractivity contribution in [2.24, 2.45) is 7.05 Å². The molecule has 0 amide bonds. The molecule has 36 heavy (non-hydrogen) atoms. The number of ketones is 1. The molecule has 7 rings (SSSR count). The normalized spacial score (nSPS) is 17.8. The van der Waals surface area contributed by atoms with Crippen LogP contribution in [0.4, 0.5) is 0 Å². The topological polar surface area (TPSA) is 70.4 Å². The summed E-state index contributed by atoms with van der Waals surface area (Å²) >= 11 is 0. The van der Waals surface area contributed by atoms with Gasteiger partial charge in [0.15, 0.2) is 5.76 Å². The van der Waals surface area contributed by atoms with Crippen LogP contribution in [0.15, 0.2) is 84.9 Å². The Bertz CT molecular complexity index is 1770. The highest BCUT2D eigenvalue weighted by atomic mass is 16.5. The Morgan fingerprint density at radius 1 is 0.944 bits per heavy atom. The van der Waals surface area contributed by atoms with E-state index >= 15 is 0 Å². The van der Waals surface area contributed by atoms with Crippen molar-refractivity contribution in [2.45, 2.75) is 12.3 Å². The van der Waals surface area contributed by atoms with Crippen LogP contribution in [0.3, 0.4) is 0 Å². The van der Waals surface area contributed by atoms with E-state index in [9.17, 15) is 9.59 Å². The van der Waals surface area contributed by atoms with Crippen molar-refractivity contribution in [3.05, 3.63) is 107 Å². The number of carbonyl (C=O) groups excluding carboxylic acids is 2. The summed E-state index contributed by atoms with van der Waals surface area (Å²) in [6.45, 7) is 0. The fourth-order valence-corrected chi connectivity index (χ4v) is 5.42. The predicted molar refractivity (Wildman–Crippen MR) is 136 cm³/mol. The number of rotatable bonds is 2. The molecule has 0 aliphatic carbocycles. The van der Waals surface area contributed by atoms with E-state index in [-0.39, 0.29) is 29.9 Å². The third kappa shape index (κ3) is 3.01. The summed E-state index contributed by atoms with van der Waals surface area (Å²) in [5.41, 5.74) is 4.97. The van der Waals surface area contributed by atoms with Crippen molar-refractivity contribution in [1.82, 2.24) is 9.55 Å². The minimum atomic E-state index is -0.325. The molecule has 0 saturated heterocycles. The van der Waals surface area contributed by atoms with E-state index in [4.69, 9.17) is 9.47 Å². The standard InChI is InChI=1S/C30H20N2O4/c1-32-16-17(18-6-3-5-9-24(18)32)14-26-29(34)21-10-11-25-28(30(21)36-26)22(15-27(33)35-25)19-12-13-31-23-8-4-2-7-20(19)23/h2-14,16,22H,15H2,1H3/b26-14-/t22-/m1/s1. The van der Waals surface area contributed by atoms with Crippen molar-refractivity contribution in [3.63, 3.8) is 0 Å². The number of aryl methyl sites for hydroxylation is 1. The van der Waals surface area contributed by atoms with Crippen LogP contribution >= 0.6 is 0 Å². The quantitative estimate of drug-likeness (QED) is 0.185. The van der Waals surface area contributed by atoms with Gasteiger partial charge in [0.05, 0.1) is 17.5 Å². The molecular formula is C30H20N2O4. The van der Waals surface area contributed by atoms with Crippen LogP contribution in [0.2, 0.25) is 0 Å². The monoisotopic (exact) mass is 472 g/mol. The molecule has 1 atom stereocenters. The number of hydrogen-bond donors (Lipinski definition) is 0. The van der Waals surface area contributed by atoms with Crippen molar-refractivity contribution in [3.8, 4) is 11.5 Å². The largest absolute Gasteiger partial charge is 0.452 e. The van der Waals surface area contributed by atoms with Gasteiger partial charge in [0.25, 0.3) is 0 Å². The van der Waals surface area contributed by atoms with Crippen LogP contribution < -0.4 is 9.47 Å². The molecule has 0 bridgehead atoms. The third-order valence-corrected chi connectivity index (χ3v) is 7.05. The van der Waals surface area contributed by atoms with Crippen LogP contribution in [0.25, 0.3) is 27.9 Å². The summed E-state index contributed by atoms with van der Waals surface area (Å²) in [5, 5.41) is 2.00. The number of ether oxygens (including phenoxy) is 2. The van der Waals surface area contributed by atoms with Crippen LogP contribution in [0, 0.1) is 0 Å². The molecule has 0 unspecified atom stereocenters. The molecule has 6 heteroatoms. The maximum absolute atomic E-state index is 13.4. The van der Waals surface area contributed by atoms with Gasteiger partial charge in [-0.05, 0) is 42.0 Å². The fraction of sp³-hybridized carbons (Fsp3) is 0.100. The molecule has 3 aromatic carbocycles. The van der Waals surface area contributed by atoms with E-state index in [1.165, 1.54) is 0 Å². The molecule has 0 spiro atoms. The first-order valence-electron chi connectivity index (χ1n) is 11.8. The highest BCUT2D eigenvalue weighted by Crippen LogP contribution is 2.50. The zero-order valence-electron chi connectivity index (χ0n) is 19.4. The highest BCUT2D eigenvalue weighted by Gasteiger charge is 2.39. The van der Waals surface area contributed by atoms with E-state index in [0.29, 0.717) is 17.1 Å². The Hall–Kier alpha value is -4.71. The number of carbonyl (C=O) groups is 2. The zero-order valence-corrected chi connectivity index (χ0v) is 19.4. The van der Waals surface area contributed by atoms with E-state index in [1.807, 2.05) is 72.4 Å². The van der Waals surface area contributed by atoms with Gasteiger partial charge in [-0.25, -0.2) is 0 Å². The molecule has 6 nitrogen and oxygen atoms in total. The van der Waals surface area contributed by atoms with Gasteiger partial charge >= 0.3 is 5.97 Å². The molecule has 4 heterocycles. The van der Waals surface area contributed by atoms with E-state index in [0.717, 1.165) is 38.5 Å². The molecule has 2 aliphatic rings. The zero-order chi connectivity index (χ0) is 24.4. The Morgan fingerprint density at radius 2 is 1.75 bits per heavy atom. The van der Waals surface area contributed by atoms with Crippen LogP contribution in [-0.2, 0) is 11.8 Å². The van der Waals surface area contributed by atoms with Gasteiger partial charge in [0.1, 0.15) is 11.5 Å². The average Bonchev–Trinajstić information content (AvgIpc) is 3.39. The van der Waals surface area contributed by atoms with Crippen LogP contribution in [0.1, 0.15) is 39.4 Å². The van der Waals surface area contributed by atoms with Gasteiger partial charge in [0.2, 0.25) is 5.78 Å². The lowest BCUT2D eigenvalue weighted by Gasteiger charge is -2.27. The lowest BCUT2D eigenvalue weighted by atomic mass is 9.83. The SMILES string of the molecule is Cn1cc(/C=C2\Oc3c(ccc4c3[C@@H](c3ccnc5ccccc35)CC(=O)O4)C2=O)c2ccccc21. The summed E-state index contributed by atoms with van der Waals surface area (Å²) in [5.74, 6) is 0.316. The third-order valence-electron chi connectivity index (χ3n) is 7.05. The molecule has 0 radical (unpaired) electrons. The lowest BCUT2D eigenvalue weighted by Crippen LogP contribution is -2.21. The van der Waals surface area contributed by atoms with E-state index in [1.54, 1.807) is 24.4 Å². The summed E-state index contributed by atoms with van der Waals surface area (Å²) in [7, 11) is 1.98. The number of hydrogen-bond acceptors (Lipinski definition) is 5. The Labute approximate surface area is 206 Å². The first-order chi connectivity index (χ1) is 17.6. The number of allylic oxidation sites excluding steroid dienone is 1. The first kappa shape index (κ1) is 20.6. The molecule has 2 aliphatic heterocycles.